The smallest absolute Gasteiger partial charge is 0.414 e. The highest BCUT2D eigenvalue weighted by atomic mass is 79.9. The Labute approximate surface area is 283 Å². The molecule has 1 aromatic heterocycles. The Morgan fingerprint density at radius 3 is 2.17 bits per heavy atom. The molecule has 0 radical (unpaired) electrons. The summed E-state index contributed by atoms with van der Waals surface area (Å²) < 4.78 is 50.9. The van der Waals surface area contributed by atoms with Crippen LogP contribution in [-0.2, 0) is 32.3 Å². The molecule has 0 aliphatic rings. The average molecular weight is 735 g/mol. The number of fused-ring (bicyclic) bond motifs is 1. The van der Waals surface area contributed by atoms with Crippen LogP contribution in [0.3, 0.4) is 0 Å². The number of aryl methyl sites for hydroxylation is 1. The van der Waals surface area contributed by atoms with Gasteiger partial charge in [0.1, 0.15) is 22.0 Å². The second-order valence-corrected chi connectivity index (χ2v) is 13.4. The summed E-state index contributed by atoms with van der Waals surface area (Å²) in [7, 11) is 1.59. The van der Waals surface area contributed by atoms with Crippen LogP contribution in [0.5, 0.6) is 17.2 Å². The fourth-order valence-electron chi connectivity index (χ4n) is 4.72. The van der Waals surface area contributed by atoms with Gasteiger partial charge in [-0.15, -0.1) is 0 Å². The summed E-state index contributed by atoms with van der Waals surface area (Å²) in [5, 5.41) is 15.4. The molecule has 1 heterocycles. The maximum absolute atomic E-state index is 13.7. The number of hydrogen-bond acceptors (Lipinski definition) is 9. The lowest BCUT2D eigenvalue weighted by Gasteiger charge is -2.17. The van der Waals surface area contributed by atoms with Gasteiger partial charge >= 0.3 is 11.9 Å². The number of carboxylic acids is 2. The molecule has 0 unspecified atom stereocenters. The molecule has 11 nitrogen and oxygen atoms in total. The minimum atomic E-state index is -3.78. The fourth-order valence-corrected chi connectivity index (χ4v) is 6.70. The predicted molar refractivity (Wildman–Crippen MR) is 181 cm³/mol. The third-order valence-electron chi connectivity index (χ3n) is 7.20. The molecule has 4 rings (SSSR count). The van der Waals surface area contributed by atoms with Crippen LogP contribution >= 0.6 is 15.9 Å². The van der Waals surface area contributed by atoms with Crippen LogP contribution in [0.25, 0.3) is 11.0 Å². The lowest BCUT2D eigenvalue weighted by molar-refractivity contribution is -0.159. The Morgan fingerprint density at radius 1 is 0.872 bits per heavy atom. The third-order valence-corrected chi connectivity index (χ3v) is 9.57. The van der Waals surface area contributed by atoms with E-state index in [4.69, 9.17) is 38.4 Å². The van der Waals surface area contributed by atoms with Crippen LogP contribution in [0.2, 0.25) is 0 Å². The van der Waals surface area contributed by atoms with Gasteiger partial charge in [0.2, 0.25) is 9.84 Å². The van der Waals surface area contributed by atoms with Gasteiger partial charge in [0.05, 0.1) is 25.7 Å². The van der Waals surface area contributed by atoms with Crippen molar-refractivity contribution in [3.05, 3.63) is 76.5 Å². The van der Waals surface area contributed by atoms with Gasteiger partial charge in [-0.3, -0.25) is 0 Å². The van der Waals surface area contributed by atoms with E-state index < -0.39 is 21.8 Å². The number of carbonyl (C=O) groups is 2. The van der Waals surface area contributed by atoms with Crippen molar-refractivity contribution in [1.82, 2.24) is 4.90 Å². The van der Waals surface area contributed by atoms with Crippen molar-refractivity contribution in [3.63, 3.8) is 0 Å². The summed E-state index contributed by atoms with van der Waals surface area (Å²) in [6, 6.07) is 18.1. The van der Waals surface area contributed by atoms with Crippen LogP contribution in [0, 0.1) is 0 Å². The number of furan rings is 1. The van der Waals surface area contributed by atoms with E-state index in [1.54, 1.807) is 44.6 Å². The second kappa shape index (κ2) is 17.7. The highest BCUT2D eigenvalue weighted by Crippen LogP contribution is 2.37. The van der Waals surface area contributed by atoms with E-state index in [0.717, 1.165) is 54.7 Å². The molecule has 0 aliphatic heterocycles. The summed E-state index contributed by atoms with van der Waals surface area (Å²) in [4.78, 5) is 20.9. The van der Waals surface area contributed by atoms with Gasteiger partial charge in [-0.2, -0.15) is 0 Å². The Balaban J connectivity index is 0.000000913. The van der Waals surface area contributed by atoms with Gasteiger partial charge in [0.15, 0.2) is 11.5 Å². The SMILES string of the molecule is CCCCc1oc2ccc(Br)cc2c1S(=O)(=O)c1ccc(OCCCN(C)CCc2ccc(OC)c(OC)c2)cc1.O=C(O)C(=O)O. The topological polar surface area (TPSA) is 153 Å². The van der Waals surface area contributed by atoms with Crippen LogP contribution in [0.15, 0.2) is 79.3 Å². The number of halogens is 1. The summed E-state index contributed by atoms with van der Waals surface area (Å²) in [5.74, 6) is -1.03. The Kier molecular flexibility index (Phi) is 14.1. The second-order valence-electron chi connectivity index (χ2n) is 10.6. The molecular formula is C34H40BrNO10S. The number of nitrogens with zero attached hydrogens (tertiary/aromatic N) is 1. The molecule has 0 aliphatic carbocycles. The van der Waals surface area contributed by atoms with Gasteiger partial charge in [-0.05, 0) is 86.5 Å². The fraction of sp³-hybridized carbons (Fsp3) is 0.353. The lowest BCUT2D eigenvalue weighted by Crippen LogP contribution is -2.23. The third kappa shape index (κ3) is 10.5. The normalized spacial score (nSPS) is 11.2. The predicted octanol–water partition coefficient (Wildman–Crippen LogP) is 6.49. The van der Waals surface area contributed by atoms with Crippen molar-refractivity contribution in [1.29, 1.82) is 0 Å². The van der Waals surface area contributed by atoms with Gasteiger partial charge in [-0.1, -0.05) is 35.3 Å². The monoisotopic (exact) mass is 733 g/mol. The maximum atomic E-state index is 13.7. The summed E-state index contributed by atoms with van der Waals surface area (Å²) in [6.07, 6.45) is 4.11. The van der Waals surface area contributed by atoms with E-state index in [9.17, 15) is 8.42 Å². The Morgan fingerprint density at radius 2 is 1.55 bits per heavy atom. The molecule has 0 bridgehead atoms. The van der Waals surface area contributed by atoms with Crippen LogP contribution in [-0.4, -0.2) is 76.4 Å². The minimum absolute atomic E-state index is 0.222. The van der Waals surface area contributed by atoms with Gasteiger partial charge < -0.3 is 33.7 Å². The van der Waals surface area contributed by atoms with E-state index in [1.165, 1.54) is 5.56 Å². The number of ether oxygens (including phenoxy) is 3. The number of hydrogen-bond donors (Lipinski definition) is 2. The standard InChI is InChI=1S/C32H38BrNO6S.C2H2O4/c1-5-6-8-30-32(27-22-24(33)10-16-28(27)40-30)41(35,36)26-13-11-25(12-14-26)39-20-7-18-34(2)19-17-23-9-15-29(37-3)31(21-23)38-4;3-1(4)2(5)6/h9-16,21-22H,5-8,17-20H2,1-4H3;(H,3,4)(H,5,6). The van der Waals surface area contributed by atoms with Crippen molar-refractivity contribution >= 4 is 48.7 Å². The molecule has 0 saturated heterocycles. The number of carboxylic acid groups (broad SMARTS) is 2. The zero-order valence-electron chi connectivity index (χ0n) is 26.8. The Bertz CT molecular complexity index is 1740. The first-order chi connectivity index (χ1) is 22.4. The summed E-state index contributed by atoms with van der Waals surface area (Å²) >= 11 is 3.46. The number of unbranched alkanes of at least 4 members (excludes halogenated alkanes) is 1. The first kappa shape index (κ1) is 37.4. The van der Waals surface area contributed by atoms with E-state index in [-0.39, 0.29) is 9.79 Å². The largest absolute Gasteiger partial charge is 0.494 e. The van der Waals surface area contributed by atoms with E-state index >= 15 is 0 Å². The molecule has 13 heteroatoms. The quantitative estimate of drug-likeness (QED) is 0.102. The van der Waals surface area contributed by atoms with E-state index in [2.05, 4.69) is 40.9 Å². The van der Waals surface area contributed by atoms with Crippen molar-refractivity contribution < 1.29 is 46.8 Å². The molecule has 0 spiro atoms. The zero-order valence-corrected chi connectivity index (χ0v) is 29.2. The molecule has 4 aromatic rings. The van der Waals surface area contributed by atoms with Crippen molar-refractivity contribution in [2.45, 2.75) is 48.8 Å². The number of aliphatic carboxylic acids is 2. The molecule has 2 N–H and O–H groups in total. The van der Waals surface area contributed by atoms with E-state index in [0.29, 0.717) is 35.5 Å². The molecule has 0 fully saturated rings. The molecule has 0 atom stereocenters. The lowest BCUT2D eigenvalue weighted by atomic mass is 10.1. The highest BCUT2D eigenvalue weighted by molar-refractivity contribution is 9.10. The molecule has 0 saturated carbocycles. The summed E-state index contributed by atoms with van der Waals surface area (Å²) in [5.41, 5.74) is 1.76. The number of likely N-dealkylation sites (N-methyl/N-ethyl adjacent to an activating group) is 1. The van der Waals surface area contributed by atoms with Crippen molar-refractivity contribution in [3.8, 4) is 17.2 Å². The molecule has 0 amide bonds. The minimum Gasteiger partial charge on any atom is -0.494 e. The van der Waals surface area contributed by atoms with Gasteiger partial charge in [0, 0.05) is 29.4 Å². The maximum Gasteiger partial charge on any atom is 0.414 e. The van der Waals surface area contributed by atoms with Crippen LogP contribution < -0.4 is 14.2 Å². The van der Waals surface area contributed by atoms with Gasteiger partial charge in [0.25, 0.3) is 0 Å². The first-order valence-corrected chi connectivity index (χ1v) is 17.2. The van der Waals surface area contributed by atoms with E-state index in [1.807, 2.05) is 24.3 Å². The van der Waals surface area contributed by atoms with Crippen molar-refractivity contribution in [2.75, 3.05) is 41.0 Å². The summed E-state index contributed by atoms with van der Waals surface area (Å²) in [6.45, 7) is 4.39. The van der Waals surface area contributed by atoms with Crippen molar-refractivity contribution in [2.24, 2.45) is 0 Å². The molecule has 3 aromatic carbocycles. The molecule has 47 heavy (non-hydrogen) atoms. The molecular weight excluding hydrogens is 694 g/mol. The zero-order chi connectivity index (χ0) is 34.6. The number of rotatable bonds is 15. The number of benzene rings is 3. The number of sulfone groups is 1. The highest BCUT2D eigenvalue weighted by Gasteiger charge is 2.28. The van der Waals surface area contributed by atoms with Gasteiger partial charge in [-0.25, -0.2) is 18.0 Å². The van der Waals surface area contributed by atoms with Crippen LogP contribution in [0.1, 0.15) is 37.5 Å². The van der Waals surface area contributed by atoms with Crippen LogP contribution in [0.4, 0.5) is 0 Å². The average Bonchev–Trinajstić information content (AvgIpc) is 3.43. The first-order valence-electron chi connectivity index (χ1n) is 15.0. The number of methoxy groups -OCH3 is 2. The Hall–Kier alpha value is -4.07. The molecule has 254 valence electrons.